The first-order chi connectivity index (χ1) is 6.49. The van der Waals surface area contributed by atoms with Gasteiger partial charge in [0.05, 0.1) is 0 Å². The quantitative estimate of drug-likeness (QED) is 0.796. The Morgan fingerprint density at radius 2 is 2.07 bits per heavy atom. The van der Waals surface area contributed by atoms with E-state index in [4.69, 9.17) is 0 Å². The number of aryl methyl sites for hydroxylation is 1. The topological polar surface area (TPSA) is 24.9 Å². The van der Waals surface area contributed by atoms with E-state index in [0.717, 1.165) is 13.1 Å². The summed E-state index contributed by atoms with van der Waals surface area (Å²) in [6, 6.07) is 2.07. The van der Waals surface area contributed by atoms with Crippen molar-refractivity contribution >= 4 is 0 Å². The minimum Gasteiger partial charge on any atom is -0.312 e. The van der Waals surface area contributed by atoms with Gasteiger partial charge in [0, 0.05) is 25.5 Å². The molecule has 0 unspecified atom stereocenters. The average Bonchev–Trinajstić information content (AvgIpc) is 2.06. The molecule has 0 aliphatic carbocycles. The zero-order chi connectivity index (χ0) is 10.6. The number of aromatic nitrogens is 1. The minimum atomic E-state index is 0.348. The molecule has 0 saturated carbocycles. The van der Waals surface area contributed by atoms with E-state index in [9.17, 15) is 0 Å². The van der Waals surface area contributed by atoms with Crippen LogP contribution in [0.25, 0.3) is 0 Å². The van der Waals surface area contributed by atoms with E-state index in [1.165, 1.54) is 11.1 Å². The minimum absolute atomic E-state index is 0.348. The molecule has 0 atom stereocenters. The summed E-state index contributed by atoms with van der Waals surface area (Å²) in [4.78, 5) is 4.07. The molecule has 0 fully saturated rings. The van der Waals surface area contributed by atoms with E-state index < -0.39 is 0 Å². The van der Waals surface area contributed by atoms with Crippen molar-refractivity contribution in [3.63, 3.8) is 0 Å². The van der Waals surface area contributed by atoms with Crippen LogP contribution in [0.4, 0.5) is 0 Å². The lowest BCUT2D eigenvalue weighted by atomic mass is 9.97. The van der Waals surface area contributed by atoms with Gasteiger partial charge in [0.25, 0.3) is 0 Å². The third-order valence-electron chi connectivity index (χ3n) is 2.11. The van der Waals surface area contributed by atoms with Crippen LogP contribution in [0.2, 0.25) is 0 Å². The van der Waals surface area contributed by atoms with Crippen LogP contribution in [0.5, 0.6) is 0 Å². The highest BCUT2D eigenvalue weighted by atomic mass is 14.9. The Balaban J connectivity index is 2.43. The van der Waals surface area contributed by atoms with Crippen LogP contribution in [-0.4, -0.2) is 11.5 Å². The number of hydrogen-bond donors (Lipinski definition) is 1. The second-order valence-electron chi connectivity index (χ2n) is 4.97. The Hall–Kier alpha value is -0.890. The van der Waals surface area contributed by atoms with Crippen molar-refractivity contribution in [1.29, 1.82) is 0 Å². The molecule has 2 nitrogen and oxygen atoms in total. The standard InChI is InChI=1S/C12H20N2/c1-10-7-13-6-5-11(10)8-14-9-12(2,3)4/h5-7,14H,8-9H2,1-4H3. The van der Waals surface area contributed by atoms with Crippen molar-refractivity contribution in [3.8, 4) is 0 Å². The molecule has 0 aliphatic heterocycles. The number of nitrogens with zero attached hydrogens (tertiary/aromatic N) is 1. The molecule has 14 heavy (non-hydrogen) atoms. The van der Waals surface area contributed by atoms with Gasteiger partial charge in [-0.25, -0.2) is 0 Å². The fourth-order valence-electron chi connectivity index (χ4n) is 1.27. The number of rotatable bonds is 3. The lowest BCUT2D eigenvalue weighted by Crippen LogP contribution is -2.26. The second kappa shape index (κ2) is 4.56. The summed E-state index contributed by atoms with van der Waals surface area (Å²) in [5, 5.41) is 3.45. The van der Waals surface area contributed by atoms with Gasteiger partial charge >= 0.3 is 0 Å². The second-order valence-corrected chi connectivity index (χ2v) is 4.97. The molecular weight excluding hydrogens is 172 g/mol. The zero-order valence-corrected chi connectivity index (χ0v) is 9.59. The largest absolute Gasteiger partial charge is 0.312 e. The van der Waals surface area contributed by atoms with Crippen LogP contribution in [0.3, 0.4) is 0 Å². The van der Waals surface area contributed by atoms with Gasteiger partial charge in [0.2, 0.25) is 0 Å². The molecule has 1 rings (SSSR count). The maximum Gasteiger partial charge on any atom is 0.0300 e. The third kappa shape index (κ3) is 3.88. The van der Waals surface area contributed by atoms with Crippen molar-refractivity contribution in [2.24, 2.45) is 5.41 Å². The van der Waals surface area contributed by atoms with Crippen LogP contribution in [0.15, 0.2) is 18.5 Å². The summed E-state index contributed by atoms with van der Waals surface area (Å²) in [7, 11) is 0. The summed E-state index contributed by atoms with van der Waals surface area (Å²) in [5.41, 5.74) is 2.94. The fourth-order valence-corrected chi connectivity index (χ4v) is 1.27. The molecule has 0 saturated heterocycles. The van der Waals surface area contributed by atoms with E-state index in [1.54, 1.807) is 0 Å². The van der Waals surface area contributed by atoms with Crippen LogP contribution in [0, 0.1) is 12.3 Å². The number of nitrogens with one attached hydrogen (secondary N) is 1. The monoisotopic (exact) mass is 192 g/mol. The Bertz CT molecular complexity index is 287. The first-order valence-corrected chi connectivity index (χ1v) is 5.09. The maximum absolute atomic E-state index is 4.07. The first-order valence-electron chi connectivity index (χ1n) is 5.09. The van der Waals surface area contributed by atoms with E-state index in [2.05, 4.69) is 44.1 Å². The predicted molar refractivity (Wildman–Crippen MR) is 60.1 cm³/mol. The molecule has 0 aromatic carbocycles. The third-order valence-corrected chi connectivity index (χ3v) is 2.11. The van der Waals surface area contributed by atoms with Crippen LogP contribution in [0.1, 0.15) is 31.9 Å². The number of hydrogen-bond acceptors (Lipinski definition) is 2. The normalized spacial score (nSPS) is 11.7. The fraction of sp³-hybridized carbons (Fsp3) is 0.583. The van der Waals surface area contributed by atoms with Gasteiger partial charge in [0.15, 0.2) is 0 Å². The van der Waals surface area contributed by atoms with Crippen LogP contribution >= 0.6 is 0 Å². The molecule has 0 aliphatic rings. The Morgan fingerprint density at radius 3 is 2.64 bits per heavy atom. The van der Waals surface area contributed by atoms with Gasteiger partial charge in [-0.05, 0) is 29.5 Å². The van der Waals surface area contributed by atoms with Gasteiger partial charge < -0.3 is 5.32 Å². The van der Waals surface area contributed by atoms with E-state index in [0.29, 0.717) is 5.41 Å². The van der Waals surface area contributed by atoms with E-state index in [-0.39, 0.29) is 0 Å². The summed E-state index contributed by atoms with van der Waals surface area (Å²) in [5.74, 6) is 0. The predicted octanol–water partition coefficient (Wildman–Crippen LogP) is 2.53. The van der Waals surface area contributed by atoms with Gasteiger partial charge in [-0.15, -0.1) is 0 Å². The van der Waals surface area contributed by atoms with Crippen LogP contribution < -0.4 is 5.32 Å². The SMILES string of the molecule is Cc1cnccc1CNCC(C)(C)C. The highest BCUT2D eigenvalue weighted by Crippen LogP contribution is 2.11. The molecule has 1 aromatic rings. The van der Waals surface area contributed by atoms with Crippen LogP contribution in [-0.2, 0) is 6.54 Å². The zero-order valence-electron chi connectivity index (χ0n) is 9.59. The lowest BCUT2D eigenvalue weighted by Gasteiger charge is -2.19. The molecule has 0 amide bonds. The maximum atomic E-state index is 4.07. The average molecular weight is 192 g/mol. The summed E-state index contributed by atoms with van der Waals surface area (Å²) >= 11 is 0. The summed E-state index contributed by atoms with van der Waals surface area (Å²) < 4.78 is 0. The molecule has 0 radical (unpaired) electrons. The molecule has 1 heterocycles. The van der Waals surface area contributed by atoms with Crippen molar-refractivity contribution in [2.75, 3.05) is 6.54 Å². The molecule has 1 aromatic heterocycles. The van der Waals surface area contributed by atoms with E-state index in [1.807, 2.05) is 12.4 Å². The Kier molecular flexibility index (Phi) is 3.64. The molecular formula is C12H20N2. The highest BCUT2D eigenvalue weighted by Gasteiger charge is 2.08. The molecule has 1 N–H and O–H groups in total. The molecule has 78 valence electrons. The van der Waals surface area contributed by atoms with Crippen molar-refractivity contribution in [1.82, 2.24) is 10.3 Å². The lowest BCUT2D eigenvalue weighted by molar-refractivity contribution is 0.379. The summed E-state index contributed by atoms with van der Waals surface area (Å²) in [6.45, 7) is 10.8. The number of pyridine rings is 1. The highest BCUT2D eigenvalue weighted by molar-refractivity contribution is 5.21. The van der Waals surface area contributed by atoms with Gasteiger partial charge in [0.1, 0.15) is 0 Å². The van der Waals surface area contributed by atoms with Gasteiger partial charge in [-0.1, -0.05) is 20.8 Å². The first kappa shape index (κ1) is 11.2. The molecule has 2 heteroatoms. The van der Waals surface area contributed by atoms with E-state index >= 15 is 0 Å². The van der Waals surface area contributed by atoms with Crippen molar-refractivity contribution in [3.05, 3.63) is 29.6 Å². The Labute approximate surface area is 86.8 Å². The summed E-state index contributed by atoms with van der Waals surface area (Å²) in [6.07, 6.45) is 3.76. The molecule has 0 bridgehead atoms. The van der Waals surface area contributed by atoms with Gasteiger partial charge in [-0.3, -0.25) is 4.98 Å². The van der Waals surface area contributed by atoms with Crippen molar-refractivity contribution in [2.45, 2.75) is 34.2 Å². The smallest absolute Gasteiger partial charge is 0.0300 e. The Morgan fingerprint density at radius 1 is 1.36 bits per heavy atom. The van der Waals surface area contributed by atoms with Gasteiger partial charge in [-0.2, -0.15) is 0 Å². The van der Waals surface area contributed by atoms with Crippen molar-refractivity contribution < 1.29 is 0 Å². The molecule has 0 spiro atoms.